The molecule has 2 aliphatic rings. The molecule has 0 spiro atoms. The molecule has 7 heteroatoms. The first kappa shape index (κ1) is 14.1. The summed E-state index contributed by atoms with van der Waals surface area (Å²) in [6, 6.07) is 2.70. The molecular formula is C16H15FN4O2. The molecule has 0 bridgehead atoms. The summed E-state index contributed by atoms with van der Waals surface area (Å²) in [5, 5.41) is 15.0. The summed E-state index contributed by atoms with van der Waals surface area (Å²) in [5.41, 5.74) is -0.00358. The molecule has 3 heterocycles. The van der Waals surface area contributed by atoms with Gasteiger partial charge in [-0.2, -0.15) is 5.10 Å². The second-order valence-electron chi connectivity index (χ2n) is 6.02. The smallest absolute Gasteiger partial charge is 0.204 e. The SMILES string of the molecule is Cc1cc2c(cc1F)C(=O)C1(O)CCN(c3cnn(C)c3)C1=N2. The predicted octanol–water partition coefficient (Wildman–Crippen LogP) is 1.74. The number of ketones is 1. The normalized spacial score (nSPS) is 22.9. The third kappa shape index (κ3) is 1.86. The highest BCUT2D eigenvalue weighted by Crippen LogP contribution is 2.40. The Morgan fingerprint density at radius 2 is 2.17 bits per heavy atom. The molecule has 1 saturated heterocycles. The number of aromatic nitrogens is 2. The standard InChI is InChI=1S/C16H15FN4O2/c1-9-5-13-11(6-12(9)17)14(22)16(23)3-4-21(15(16)19-13)10-7-18-20(2)8-10/h5-8,23H,3-4H2,1-2H3. The van der Waals surface area contributed by atoms with E-state index in [4.69, 9.17) is 0 Å². The molecule has 2 aromatic rings. The lowest BCUT2D eigenvalue weighted by molar-refractivity contribution is 0.0601. The summed E-state index contributed by atoms with van der Waals surface area (Å²) in [4.78, 5) is 19.0. The third-order valence-electron chi connectivity index (χ3n) is 4.45. The maximum Gasteiger partial charge on any atom is 0.204 e. The summed E-state index contributed by atoms with van der Waals surface area (Å²) in [7, 11) is 1.79. The number of hydrogen-bond donors (Lipinski definition) is 1. The van der Waals surface area contributed by atoms with Crippen LogP contribution in [0.2, 0.25) is 0 Å². The van der Waals surface area contributed by atoms with Crippen molar-refractivity contribution in [3.05, 3.63) is 41.5 Å². The summed E-state index contributed by atoms with van der Waals surface area (Å²) in [6.07, 6.45) is 3.67. The minimum Gasteiger partial charge on any atom is -0.374 e. The van der Waals surface area contributed by atoms with Crippen molar-refractivity contribution in [1.29, 1.82) is 0 Å². The molecule has 1 fully saturated rings. The van der Waals surface area contributed by atoms with Crippen LogP contribution < -0.4 is 4.90 Å². The molecule has 0 amide bonds. The van der Waals surface area contributed by atoms with Crippen LogP contribution in [0.4, 0.5) is 15.8 Å². The summed E-state index contributed by atoms with van der Waals surface area (Å²) < 4.78 is 15.4. The van der Waals surface area contributed by atoms with Gasteiger partial charge in [0.1, 0.15) is 11.7 Å². The maximum atomic E-state index is 13.8. The number of benzene rings is 1. The first-order chi connectivity index (χ1) is 10.9. The van der Waals surface area contributed by atoms with Crippen molar-refractivity contribution >= 4 is 23.0 Å². The summed E-state index contributed by atoms with van der Waals surface area (Å²) in [5.74, 6) is -0.682. The van der Waals surface area contributed by atoms with Crippen LogP contribution in [0.15, 0.2) is 29.5 Å². The van der Waals surface area contributed by atoms with Gasteiger partial charge in [0.15, 0.2) is 5.60 Å². The molecule has 118 valence electrons. The molecule has 0 aliphatic carbocycles. The highest BCUT2D eigenvalue weighted by Gasteiger charge is 2.52. The Bertz CT molecular complexity index is 873. The molecule has 4 rings (SSSR count). The molecule has 1 aromatic carbocycles. The van der Waals surface area contributed by atoms with E-state index < -0.39 is 17.2 Å². The molecule has 0 radical (unpaired) electrons. The molecule has 23 heavy (non-hydrogen) atoms. The lowest BCUT2D eigenvalue weighted by atomic mass is 9.87. The van der Waals surface area contributed by atoms with Gasteiger partial charge in [-0.3, -0.25) is 9.48 Å². The highest BCUT2D eigenvalue weighted by atomic mass is 19.1. The number of fused-ring (bicyclic) bond motifs is 2. The summed E-state index contributed by atoms with van der Waals surface area (Å²) in [6.45, 7) is 2.07. The molecule has 2 aliphatic heterocycles. The van der Waals surface area contributed by atoms with E-state index in [0.717, 1.165) is 11.8 Å². The van der Waals surface area contributed by atoms with Gasteiger partial charge in [-0.25, -0.2) is 9.38 Å². The number of carbonyl (C=O) groups excluding carboxylic acids is 1. The van der Waals surface area contributed by atoms with Crippen LogP contribution in [-0.2, 0) is 7.05 Å². The van der Waals surface area contributed by atoms with Gasteiger partial charge >= 0.3 is 0 Å². The Morgan fingerprint density at radius 1 is 1.39 bits per heavy atom. The van der Waals surface area contributed by atoms with Crippen LogP contribution in [-0.4, -0.2) is 38.7 Å². The quantitative estimate of drug-likeness (QED) is 0.870. The number of aliphatic hydroxyl groups is 1. The average molecular weight is 314 g/mol. The average Bonchev–Trinajstić information content (AvgIpc) is 3.07. The van der Waals surface area contributed by atoms with Gasteiger partial charge in [-0.15, -0.1) is 0 Å². The Labute approximate surface area is 131 Å². The zero-order chi connectivity index (χ0) is 16.4. The highest BCUT2D eigenvalue weighted by molar-refractivity contribution is 6.28. The number of halogens is 1. The number of aliphatic imine (C=N–C) groups is 1. The summed E-state index contributed by atoms with van der Waals surface area (Å²) >= 11 is 0. The van der Waals surface area contributed by atoms with E-state index >= 15 is 0 Å². The van der Waals surface area contributed by atoms with Gasteiger partial charge in [0.05, 0.1) is 17.6 Å². The van der Waals surface area contributed by atoms with Crippen molar-refractivity contribution in [3.63, 3.8) is 0 Å². The Balaban J connectivity index is 1.89. The molecule has 1 aromatic heterocycles. The molecule has 6 nitrogen and oxygen atoms in total. The molecule has 1 N–H and O–H groups in total. The monoisotopic (exact) mass is 314 g/mol. The number of anilines is 1. The lowest BCUT2D eigenvalue weighted by Crippen LogP contribution is -2.48. The fraction of sp³-hybridized carbons (Fsp3) is 0.312. The number of hydrogen-bond acceptors (Lipinski definition) is 5. The minimum atomic E-state index is -1.70. The number of carbonyl (C=O) groups is 1. The fourth-order valence-electron chi connectivity index (χ4n) is 3.16. The number of rotatable bonds is 1. The van der Waals surface area contributed by atoms with Crippen molar-refractivity contribution in [2.45, 2.75) is 18.9 Å². The van der Waals surface area contributed by atoms with Gasteiger partial charge < -0.3 is 10.0 Å². The van der Waals surface area contributed by atoms with E-state index in [1.165, 1.54) is 6.07 Å². The van der Waals surface area contributed by atoms with Gasteiger partial charge in [0.25, 0.3) is 0 Å². The lowest BCUT2D eigenvalue weighted by Gasteiger charge is -2.29. The van der Waals surface area contributed by atoms with E-state index in [9.17, 15) is 14.3 Å². The second kappa shape index (κ2) is 4.48. The van der Waals surface area contributed by atoms with E-state index in [1.54, 1.807) is 35.9 Å². The van der Waals surface area contributed by atoms with Crippen LogP contribution in [0.5, 0.6) is 0 Å². The Morgan fingerprint density at radius 3 is 2.87 bits per heavy atom. The van der Waals surface area contributed by atoms with Crippen molar-refractivity contribution in [1.82, 2.24) is 9.78 Å². The Kier molecular flexibility index (Phi) is 2.74. The van der Waals surface area contributed by atoms with Crippen molar-refractivity contribution in [2.24, 2.45) is 12.0 Å². The molecule has 0 saturated carbocycles. The van der Waals surface area contributed by atoms with Crippen LogP contribution in [0.3, 0.4) is 0 Å². The van der Waals surface area contributed by atoms with Gasteiger partial charge in [-0.1, -0.05) is 0 Å². The van der Waals surface area contributed by atoms with Crippen molar-refractivity contribution in [2.75, 3.05) is 11.4 Å². The van der Waals surface area contributed by atoms with Crippen molar-refractivity contribution in [3.8, 4) is 0 Å². The van der Waals surface area contributed by atoms with Gasteiger partial charge in [0, 0.05) is 31.8 Å². The first-order valence-electron chi connectivity index (χ1n) is 7.33. The van der Waals surface area contributed by atoms with Crippen LogP contribution in [0, 0.1) is 12.7 Å². The Hall–Kier alpha value is -2.54. The van der Waals surface area contributed by atoms with E-state index in [1.807, 2.05) is 0 Å². The second-order valence-corrected chi connectivity index (χ2v) is 6.02. The number of Topliss-reactive ketones (excluding diaryl/α,β-unsaturated/α-hetero) is 1. The largest absolute Gasteiger partial charge is 0.374 e. The van der Waals surface area contributed by atoms with Crippen LogP contribution in [0.25, 0.3) is 0 Å². The predicted molar refractivity (Wildman–Crippen MR) is 82.7 cm³/mol. The molecule has 1 atom stereocenters. The molecule has 1 unspecified atom stereocenters. The zero-order valence-corrected chi connectivity index (χ0v) is 12.7. The third-order valence-corrected chi connectivity index (χ3v) is 4.45. The van der Waals surface area contributed by atoms with E-state index in [0.29, 0.717) is 17.8 Å². The fourth-order valence-corrected chi connectivity index (χ4v) is 3.16. The minimum absolute atomic E-state index is 0.132. The number of amidine groups is 1. The molecular weight excluding hydrogens is 299 g/mol. The van der Waals surface area contributed by atoms with Gasteiger partial charge in [-0.05, 0) is 24.6 Å². The zero-order valence-electron chi connectivity index (χ0n) is 12.7. The number of nitrogens with zero attached hydrogens (tertiary/aromatic N) is 4. The topological polar surface area (TPSA) is 70.7 Å². The first-order valence-corrected chi connectivity index (χ1v) is 7.33. The number of aryl methyl sites for hydroxylation is 2. The van der Waals surface area contributed by atoms with Crippen LogP contribution >= 0.6 is 0 Å². The van der Waals surface area contributed by atoms with Gasteiger partial charge in [0.2, 0.25) is 5.78 Å². The van der Waals surface area contributed by atoms with Crippen LogP contribution in [0.1, 0.15) is 22.3 Å². The van der Waals surface area contributed by atoms with E-state index in [-0.39, 0.29) is 17.8 Å². The maximum absolute atomic E-state index is 13.8. The van der Waals surface area contributed by atoms with Crippen molar-refractivity contribution < 1.29 is 14.3 Å². The van der Waals surface area contributed by atoms with E-state index in [2.05, 4.69) is 10.1 Å².